The van der Waals surface area contributed by atoms with Crippen LogP contribution in [0, 0.1) is 18.6 Å². The summed E-state index contributed by atoms with van der Waals surface area (Å²) in [4.78, 5) is 0. The molecule has 0 fully saturated rings. The predicted molar refractivity (Wildman–Crippen MR) is 112 cm³/mol. The van der Waals surface area contributed by atoms with Gasteiger partial charge >= 0.3 is 0 Å². The van der Waals surface area contributed by atoms with Gasteiger partial charge in [0.15, 0.2) is 10.6 Å². The molecule has 0 aliphatic heterocycles. The van der Waals surface area contributed by atoms with Crippen LogP contribution in [0.3, 0.4) is 0 Å². The zero-order valence-corrected chi connectivity index (χ0v) is 17.8. The molecule has 10 heteroatoms. The molecule has 0 aliphatic carbocycles. The zero-order chi connectivity index (χ0) is 20.0. The largest absolute Gasteiger partial charge is 0.265 e. The molecule has 144 valence electrons. The summed E-state index contributed by atoms with van der Waals surface area (Å²) < 4.78 is 6.07. The minimum atomic E-state index is 0.497. The van der Waals surface area contributed by atoms with E-state index in [2.05, 4.69) is 15.3 Å². The molecule has 0 bridgehead atoms. The second kappa shape index (κ2) is 7.20. The highest BCUT2D eigenvalue weighted by atomic mass is 35.5. The lowest BCUT2D eigenvalue weighted by Gasteiger charge is -2.09. The average Bonchev–Trinajstić information content (AvgIpc) is 3.30. The number of halogens is 2. The Bertz CT molecular complexity index is 1230. The molecule has 4 rings (SSSR count). The van der Waals surface area contributed by atoms with Crippen LogP contribution in [0.2, 0.25) is 10.0 Å². The Morgan fingerprint density at radius 1 is 1.14 bits per heavy atom. The smallest absolute Gasteiger partial charge is 0.200 e. The minimum absolute atomic E-state index is 0.497. The van der Waals surface area contributed by atoms with E-state index in [1.807, 2.05) is 48.3 Å². The van der Waals surface area contributed by atoms with Gasteiger partial charge in [0.1, 0.15) is 5.69 Å². The molecule has 3 aromatic heterocycles. The Labute approximate surface area is 176 Å². The Kier molecular flexibility index (Phi) is 4.86. The number of hydrogen-bond donors (Lipinski definition) is 1. The Balaban J connectivity index is 1.81. The SMILES string of the molecule is Cc1nn(Cc2ccc(Cl)c(Cl)c2)c(C)c1-n1c(-c2ccnn2C)n[nH]c1=S. The summed E-state index contributed by atoms with van der Waals surface area (Å²) in [6.07, 6.45) is 1.73. The van der Waals surface area contributed by atoms with Crippen LogP contribution in [0.15, 0.2) is 30.5 Å². The van der Waals surface area contributed by atoms with Crippen LogP contribution >= 0.6 is 35.4 Å². The highest BCUT2D eigenvalue weighted by Gasteiger charge is 2.20. The lowest BCUT2D eigenvalue weighted by molar-refractivity contribution is 0.658. The highest BCUT2D eigenvalue weighted by Crippen LogP contribution is 2.27. The Morgan fingerprint density at radius 3 is 2.61 bits per heavy atom. The van der Waals surface area contributed by atoms with Crippen molar-refractivity contribution < 1.29 is 0 Å². The molecule has 4 aromatic rings. The maximum Gasteiger partial charge on any atom is 0.200 e. The number of aromatic amines is 1. The van der Waals surface area contributed by atoms with E-state index < -0.39 is 0 Å². The van der Waals surface area contributed by atoms with Gasteiger partial charge < -0.3 is 0 Å². The van der Waals surface area contributed by atoms with E-state index in [1.165, 1.54) is 0 Å². The molecule has 0 unspecified atom stereocenters. The van der Waals surface area contributed by atoms with Gasteiger partial charge in [-0.25, -0.2) is 0 Å². The van der Waals surface area contributed by atoms with Crippen LogP contribution in [-0.2, 0) is 13.6 Å². The number of benzene rings is 1. The van der Waals surface area contributed by atoms with Gasteiger partial charge in [-0.3, -0.25) is 19.0 Å². The molecule has 28 heavy (non-hydrogen) atoms. The van der Waals surface area contributed by atoms with E-state index in [-0.39, 0.29) is 0 Å². The minimum Gasteiger partial charge on any atom is -0.265 e. The van der Waals surface area contributed by atoms with Crippen LogP contribution in [0.4, 0.5) is 0 Å². The van der Waals surface area contributed by atoms with E-state index in [0.717, 1.165) is 28.3 Å². The molecule has 0 spiro atoms. The van der Waals surface area contributed by atoms with E-state index in [4.69, 9.17) is 40.5 Å². The topological polar surface area (TPSA) is 69.2 Å². The fourth-order valence-corrected chi connectivity index (χ4v) is 3.79. The lowest BCUT2D eigenvalue weighted by Crippen LogP contribution is -2.06. The summed E-state index contributed by atoms with van der Waals surface area (Å²) in [5.41, 5.74) is 4.57. The number of hydrogen-bond acceptors (Lipinski definition) is 4. The summed E-state index contributed by atoms with van der Waals surface area (Å²) in [5, 5.41) is 17.3. The monoisotopic (exact) mass is 433 g/mol. The molecular weight excluding hydrogens is 417 g/mol. The van der Waals surface area contributed by atoms with Crippen molar-refractivity contribution in [2.75, 3.05) is 0 Å². The van der Waals surface area contributed by atoms with Crippen molar-refractivity contribution in [2.45, 2.75) is 20.4 Å². The maximum atomic E-state index is 6.15. The predicted octanol–water partition coefficient (Wildman–Crippen LogP) is 4.50. The third-order valence-electron chi connectivity index (χ3n) is 4.61. The summed E-state index contributed by atoms with van der Waals surface area (Å²) in [6.45, 7) is 4.53. The normalized spacial score (nSPS) is 11.3. The molecule has 0 saturated carbocycles. The van der Waals surface area contributed by atoms with Crippen LogP contribution in [-0.4, -0.2) is 34.3 Å². The van der Waals surface area contributed by atoms with Crippen LogP contribution in [0.1, 0.15) is 17.0 Å². The van der Waals surface area contributed by atoms with Crippen molar-refractivity contribution in [3.8, 4) is 17.2 Å². The van der Waals surface area contributed by atoms with Crippen molar-refractivity contribution >= 4 is 35.4 Å². The van der Waals surface area contributed by atoms with Gasteiger partial charge in [0, 0.05) is 13.2 Å². The van der Waals surface area contributed by atoms with Gasteiger partial charge in [0.25, 0.3) is 0 Å². The summed E-state index contributed by atoms with van der Waals surface area (Å²) in [6, 6.07) is 7.48. The second-order valence-electron chi connectivity index (χ2n) is 6.45. The number of H-pyrrole nitrogens is 1. The first kappa shape index (κ1) is 18.9. The fraction of sp³-hybridized carbons (Fsp3) is 0.222. The number of nitrogens with one attached hydrogen (secondary N) is 1. The molecule has 1 N–H and O–H groups in total. The standard InChI is InChI=1S/C18H17Cl2N7S/c1-10-16(27-17(22-23-18(27)28)15-6-7-21-25(15)3)11(2)26(24-10)9-12-4-5-13(19)14(20)8-12/h4-8H,9H2,1-3H3,(H,23,28). The molecule has 0 amide bonds. The Hall–Kier alpha value is -2.42. The van der Waals surface area contributed by atoms with Crippen LogP contribution < -0.4 is 0 Å². The van der Waals surface area contributed by atoms with Crippen LogP contribution in [0.25, 0.3) is 17.2 Å². The fourth-order valence-electron chi connectivity index (χ4n) is 3.25. The van der Waals surface area contributed by atoms with Crippen molar-refractivity contribution in [2.24, 2.45) is 7.05 Å². The Morgan fingerprint density at radius 2 is 1.93 bits per heavy atom. The van der Waals surface area contributed by atoms with Crippen molar-refractivity contribution in [3.05, 3.63) is 62.2 Å². The number of nitrogens with zero attached hydrogens (tertiary/aromatic N) is 6. The van der Waals surface area contributed by atoms with Gasteiger partial charge in [0.2, 0.25) is 0 Å². The maximum absolute atomic E-state index is 6.15. The molecule has 1 aromatic carbocycles. The summed E-state index contributed by atoms with van der Waals surface area (Å²) >= 11 is 17.7. The molecule has 0 aliphatic rings. The first-order valence-corrected chi connectivity index (χ1v) is 9.67. The van der Waals surface area contributed by atoms with E-state index in [1.54, 1.807) is 16.9 Å². The zero-order valence-electron chi connectivity index (χ0n) is 15.4. The summed E-state index contributed by atoms with van der Waals surface area (Å²) in [5.74, 6) is 0.685. The number of rotatable bonds is 4. The van der Waals surface area contributed by atoms with Crippen molar-refractivity contribution in [3.63, 3.8) is 0 Å². The van der Waals surface area contributed by atoms with Gasteiger partial charge in [-0.15, -0.1) is 0 Å². The van der Waals surface area contributed by atoms with Crippen LogP contribution in [0.5, 0.6) is 0 Å². The van der Waals surface area contributed by atoms with Crippen molar-refractivity contribution in [1.29, 1.82) is 0 Å². The van der Waals surface area contributed by atoms with E-state index in [9.17, 15) is 0 Å². The third kappa shape index (κ3) is 3.17. The second-order valence-corrected chi connectivity index (χ2v) is 7.65. The first-order valence-electron chi connectivity index (χ1n) is 8.51. The molecule has 7 nitrogen and oxygen atoms in total. The molecule has 0 radical (unpaired) electrons. The molecule has 3 heterocycles. The number of aromatic nitrogens is 7. The van der Waals surface area contributed by atoms with E-state index >= 15 is 0 Å². The van der Waals surface area contributed by atoms with Gasteiger partial charge in [-0.1, -0.05) is 29.3 Å². The highest BCUT2D eigenvalue weighted by molar-refractivity contribution is 7.71. The quantitative estimate of drug-likeness (QED) is 0.481. The van der Waals surface area contributed by atoms with Gasteiger partial charge in [-0.05, 0) is 49.8 Å². The molecular formula is C18H17Cl2N7S. The van der Waals surface area contributed by atoms with Gasteiger partial charge in [-0.2, -0.15) is 15.3 Å². The van der Waals surface area contributed by atoms with Gasteiger partial charge in [0.05, 0.1) is 33.7 Å². The number of aryl methyl sites for hydroxylation is 2. The average molecular weight is 434 g/mol. The summed E-state index contributed by atoms with van der Waals surface area (Å²) in [7, 11) is 1.87. The third-order valence-corrected chi connectivity index (χ3v) is 5.62. The van der Waals surface area contributed by atoms with Crippen molar-refractivity contribution in [1.82, 2.24) is 34.3 Å². The first-order chi connectivity index (χ1) is 13.4. The van der Waals surface area contributed by atoms with E-state index in [0.29, 0.717) is 27.2 Å². The molecule has 0 atom stereocenters. The molecule has 0 saturated heterocycles. The lowest BCUT2D eigenvalue weighted by atomic mass is 10.2.